The highest BCUT2D eigenvalue weighted by molar-refractivity contribution is 4.76. The molecule has 0 radical (unpaired) electrons. The molecule has 1 rings (SSSR count). The van der Waals surface area contributed by atoms with E-state index in [-0.39, 0.29) is 0 Å². The fourth-order valence-electron chi connectivity index (χ4n) is 1.88. The molecule has 3 heteroatoms. The second-order valence-electron chi connectivity index (χ2n) is 4.09. The molecule has 1 N–H and O–H groups in total. The van der Waals surface area contributed by atoms with Crippen molar-refractivity contribution >= 4 is 0 Å². The monoisotopic (exact) mass is 201 g/mol. The quantitative estimate of drug-likeness (QED) is 0.705. The van der Waals surface area contributed by atoms with Crippen molar-refractivity contribution in [1.29, 1.82) is 0 Å². The minimum Gasteiger partial charge on any atom is -0.383 e. The molecule has 1 aliphatic heterocycles. The Morgan fingerprint density at radius 1 is 1.57 bits per heavy atom. The largest absolute Gasteiger partial charge is 0.383 e. The molecule has 14 heavy (non-hydrogen) atoms. The summed E-state index contributed by atoms with van der Waals surface area (Å²) in [5.74, 6) is 0.681. The Bertz CT molecular complexity index is 152. The van der Waals surface area contributed by atoms with Gasteiger partial charge >= 0.3 is 0 Å². The van der Waals surface area contributed by atoms with Crippen LogP contribution in [-0.2, 0) is 9.47 Å². The summed E-state index contributed by atoms with van der Waals surface area (Å²) in [5, 5.41) is 3.54. The molecule has 0 aromatic heterocycles. The van der Waals surface area contributed by atoms with Gasteiger partial charge in [-0.25, -0.2) is 0 Å². The lowest BCUT2D eigenvalue weighted by Crippen LogP contribution is -2.37. The molecule has 1 heterocycles. The van der Waals surface area contributed by atoms with E-state index in [4.69, 9.17) is 9.47 Å². The second kappa shape index (κ2) is 6.38. The molecule has 3 atom stereocenters. The Kier molecular flexibility index (Phi) is 5.45. The van der Waals surface area contributed by atoms with Crippen LogP contribution in [0.15, 0.2) is 0 Å². The Morgan fingerprint density at radius 2 is 2.36 bits per heavy atom. The van der Waals surface area contributed by atoms with Crippen molar-refractivity contribution in [1.82, 2.24) is 5.32 Å². The van der Waals surface area contributed by atoms with Crippen molar-refractivity contribution in [3.63, 3.8) is 0 Å². The van der Waals surface area contributed by atoms with E-state index in [1.165, 1.54) is 6.42 Å². The first-order chi connectivity index (χ1) is 6.77. The average Bonchev–Trinajstić information content (AvgIpc) is 2.59. The van der Waals surface area contributed by atoms with Crippen molar-refractivity contribution in [3.05, 3.63) is 0 Å². The van der Waals surface area contributed by atoms with Crippen molar-refractivity contribution in [2.24, 2.45) is 5.92 Å². The van der Waals surface area contributed by atoms with E-state index in [9.17, 15) is 0 Å². The van der Waals surface area contributed by atoms with Crippen LogP contribution in [0.2, 0.25) is 0 Å². The zero-order valence-corrected chi connectivity index (χ0v) is 9.58. The Hall–Kier alpha value is -0.120. The summed E-state index contributed by atoms with van der Waals surface area (Å²) >= 11 is 0. The van der Waals surface area contributed by atoms with E-state index in [0.29, 0.717) is 18.1 Å². The van der Waals surface area contributed by atoms with Crippen LogP contribution in [0, 0.1) is 5.92 Å². The second-order valence-corrected chi connectivity index (χ2v) is 4.09. The molecule has 3 unspecified atom stereocenters. The Labute approximate surface area is 87.2 Å². The predicted octanol–water partition coefficient (Wildman–Crippen LogP) is 1.43. The third kappa shape index (κ3) is 3.56. The third-order valence-corrected chi connectivity index (χ3v) is 3.06. The minimum atomic E-state index is 0.419. The van der Waals surface area contributed by atoms with Gasteiger partial charge in [0.05, 0.1) is 12.7 Å². The molecule has 0 amide bonds. The fraction of sp³-hybridized carbons (Fsp3) is 1.00. The highest BCUT2D eigenvalue weighted by Crippen LogP contribution is 2.19. The van der Waals surface area contributed by atoms with Gasteiger partial charge in [0.25, 0.3) is 0 Å². The number of rotatable bonds is 6. The van der Waals surface area contributed by atoms with E-state index in [2.05, 4.69) is 19.2 Å². The summed E-state index contributed by atoms with van der Waals surface area (Å²) in [4.78, 5) is 0. The van der Waals surface area contributed by atoms with Gasteiger partial charge < -0.3 is 14.8 Å². The van der Waals surface area contributed by atoms with Crippen LogP contribution in [-0.4, -0.2) is 39.0 Å². The Balaban J connectivity index is 2.17. The summed E-state index contributed by atoms with van der Waals surface area (Å²) in [6.45, 7) is 7.14. The van der Waals surface area contributed by atoms with Gasteiger partial charge in [-0.15, -0.1) is 0 Å². The van der Waals surface area contributed by atoms with Crippen molar-refractivity contribution in [2.45, 2.75) is 38.8 Å². The van der Waals surface area contributed by atoms with E-state index < -0.39 is 0 Å². The smallest absolute Gasteiger partial charge is 0.0615 e. The van der Waals surface area contributed by atoms with Crippen LogP contribution in [0.5, 0.6) is 0 Å². The molecule has 84 valence electrons. The lowest BCUT2D eigenvalue weighted by atomic mass is 10.0. The van der Waals surface area contributed by atoms with Crippen LogP contribution >= 0.6 is 0 Å². The first-order valence-corrected chi connectivity index (χ1v) is 5.61. The highest BCUT2D eigenvalue weighted by Gasteiger charge is 2.24. The van der Waals surface area contributed by atoms with E-state index >= 15 is 0 Å². The SMILES string of the molecule is CCC(COC)NCC1CCOC1C. The number of ether oxygens (including phenoxy) is 2. The predicted molar refractivity (Wildman–Crippen MR) is 57.5 cm³/mol. The van der Waals surface area contributed by atoms with Crippen molar-refractivity contribution < 1.29 is 9.47 Å². The van der Waals surface area contributed by atoms with Crippen LogP contribution in [0.1, 0.15) is 26.7 Å². The molecule has 3 nitrogen and oxygen atoms in total. The molecule has 1 aliphatic rings. The first-order valence-electron chi connectivity index (χ1n) is 5.61. The number of methoxy groups -OCH3 is 1. The molecule has 0 aliphatic carbocycles. The molecule has 1 fully saturated rings. The summed E-state index contributed by atoms with van der Waals surface area (Å²) in [6.07, 6.45) is 2.73. The average molecular weight is 201 g/mol. The van der Waals surface area contributed by atoms with Gasteiger partial charge in [0.2, 0.25) is 0 Å². The molecule has 0 spiro atoms. The third-order valence-electron chi connectivity index (χ3n) is 3.06. The highest BCUT2D eigenvalue weighted by atomic mass is 16.5. The lowest BCUT2D eigenvalue weighted by molar-refractivity contribution is 0.102. The van der Waals surface area contributed by atoms with Crippen molar-refractivity contribution in [2.75, 3.05) is 26.9 Å². The minimum absolute atomic E-state index is 0.419. The molecular weight excluding hydrogens is 178 g/mol. The molecule has 0 bridgehead atoms. The lowest BCUT2D eigenvalue weighted by Gasteiger charge is -2.20. The summed E-state index contributed by atoms with van der Waals surface area (Å²) in [5.41, 5.74) is 0. The topological polar surface area (TPSA) is 30.5 Å². The molecular formula is C11H23NO2. The number of hydrogen-bond acceptors (Lipinski definition) is 3. The molecule has 0 aromatic carbocycles. The van der Waals surface area contributed by atoms with Crippen LogP contribution in [0.3, 0.4) is 0 Å². The first kappa shape index (κ1) is 12.0. The Morgan fingerprint density at radius 3 is 2.86 bits per heavy atom. The molecule has 0 saturated carbocycles. The summed E-state index contributed by atoms with van der Waals surface area (Å²) in [6, 6.07) is 0.493. The number of nitrogens with one attached hydrogen (secondary N) is 1. The van der Waals surface area contributed by atoms with E-state index in [0.717, 1.165) is 26.2 Å². The maximum atomic E-state index is 5.52. The standard InChI is InChI=1S/C11H23NO2/c1-4-11(8-13-3)12-7-10-5-6-14-9(10)2/h9-12H,4-8H2,1-3H3. The van der Waals surface area contributed by atoms with Gasteiger partial charge in [-0.3, -0.25) is 0 Å². The normalized spacial score (nSPS) is 29.4. The van der Waals surface area contributed by atoms with E-state index in [1.807, 2.05) is 0 Å². The fourth-order valence-corrected chi connectivity index (χ4v) is 1.88. The van der Waals surface area contributed by atoms with Gasteiger partial charge in [-0.05, 0) is 25.7 Å². The van der Waals surface area contributed by atoms with E-state index in [1.54, 1.807) is 7.11 Å². The van der Waals surface area contributed by atoms with Gasteiger partial charge in [-0.1, -0.05) is 6.92 Å². The number of hydrogen-bond donors (Lipinski definition) is 1. The van der Waals surface area contributed by atoms with Crippen LogP contribution in [0.4, 0.5) is 0 Å². The van der Waals surface area contributed by atoms with Gasteiger partial charge in [0, 0.05) is 26.3 Å². The van der Waals surface area contributed by atoms with Crippen LogP contribution < -0.4 is 5.32 Å². The van der Waals surface area contributed by atoms with Gasteiger partial charge in [-0.2, -0.15) is 0 Å². The maximum Gasteiger partial charge on any atom is 0.0615 e. The van der Waals surface area contributed by atoms with Crippen LogP contribution in [0.25, 0.3) is 0 Å². The molecule has 0 aromatic rings. The zero-order valence-electron chi connectivity index (χ0n) is 9.58. The maximum absolute atomic E-state index is 5.52. The van der Waals surface area contributed by atoms with Gasteiger partial charge in [0.15, 0.2) is 0 Å². The summed E-state index contributed by atoms with van der Waals surface area (Å²) < 4.78 is 10.7. The zero-order chi connectivity index (χ0) is 10.4. The molecule has 1 saturated heterocycles. The van der Waals surface area contributed by atoms with Crippen molar-refractivity contribution in [3.8, 4) is 0 Å². The summed E-state index contributed by atoms with van der Waals surface area (Å²) in [7, 11) is 1.76. The van der Waals surface area contributed by atoms with Gasteiger partial charge in [0.1, 0.15) is 0 Å².